The van der Waals surface area contributed by atoms with Crippen LogP contribution in [-0.2, 0) is 9.59 Å². The van der Waals surface area contributed by atoms with Crippen molar-refractivity contribution < 1.29 is 14.7 Å². The first-order valence-electron chi connectivity index (χ1n) is 5.57. The maximum atomic E-state index is 11.7. The van der Waals surface area contributed by atoms with E-state index in [9.17, 15) is 9.59 Å². The average molecular weight is 225 g/mol. The van der Waals surface area contributed by atoms with Crippen LogP contribution in [-0.4, -0.2) is 23.0 Å². The highest BCUT2D eigenvalue weighted by Crippen LogP contribution is 2.27. The number of carboxylic acids is 1. The normalized spacial score (nSPS) is 25.4. The van der Waals surface area contributed by atoms with Gasteiger partial charge in [0, 0.05) is 12.0 Å². The maximum Gasteiger partial charge on any atom is 0.306 e. The first kappa shape index (κ1) is 12.7. The van der Waals surface area contributed by atoms with Crippen LogP contribution in [0.2, 0.25) is 0 Å². The lowest BCUT2D eigenvalue weighted by Crippen LogP contribution is -2.48. The fourth-order valence-electron chi connectivity index (χ4n) is 1.90. The van der Waals surface area contributed by atoms with E-state index in [0.717, 1.165) is 5.57 Å². The molecule has 1 fully saturated rings. The van der Waals surface area contributed by atoms with Gasteiger partial charge in [-0.15, -0.1) is 6.58 Å². The van der Waals surface area contributed by atoms with E-state index in [-0.39, 0.29) is 23.8 Å². The summed E-state index contributed by atoms with van der Waals surface area (Å²) in [6, 6.07) is 0.0428. The number of nitrogens with one attached hydrogen (secondary N) is 1. The van der Waals surface area contributed by atoms with E-state index in [2.05, 4.69) is 11.9 Å². The lowest BCUT2D eigenvalue weighted by atomic mass is 9.80. The molecule has 0 spiro atoms. The van der Waals surface area contributed by atoms with Crippen molar-refractivity contribution in [2.75, 3.05) is 0 Å². The Kier molecular flexibility index (Phi) is 4.10. The van der Waals surface area contributed by atoms with Crippen molar-refractivity contribution in [3.8, 4) is 0 Å². The third-order valence-electron chi connectivity index (χ3n) is 2.94. The molecule has 0 heterocycles. The van der Waals surface area contributed by atoms with Crippen LogP contribution < -0.4 is 5.32 Å². The molecule has 1 aliphatic rings. The summed E-state index contributed by atoms with van der Waals surface area (Å²) < 4.78 is 0. The van der Waals surface area contributed by atoms with E-state index in [4.69, 9.17) is 5.11 Å². The minimum absolute atomic E-state index is 0.00293. The molecule has 16 heavy (non-hydrogen) atoms. The zero-order valence-electron chi connectivity index (χ0n) is 9.82. The first-order valence-corrected chi connectivity index (χ1v) is 5.57. The lowest BCUT2D eigenvalue weighted by molar-refractivity contribution is -0.146. The Hall–Kier alpha value is -1.32. The second kappa shape index (κ2) is 5.14. The standard InChI is InChI=1S/C12H19NO3/c1-7(2)4-8(3)11(14)13-10-5-9(6-10)12(15)16/h8-10H,1,4-6H2,2-3H3,(H,13,14)(H,15,16). The summed E-state index contributed by atoms with van der Waals surface area (Å²) in [5.74, 6) is -1.12. The largest absolute Gasteiger partial charge is 0.481 e. The van der Waals surface area contributed by atoms with Gasteiger partial charge in [0.15, 0.2) is 0 Å². The molecule has 1 atom stereocenters. The highest BCUT2D eigenvalue weighted by atomic mass is 16.4. The Labute approximate surface area is 95.7 Å². The summed E-state index contributed by atoms with van der Waals surface area (Å²) in [6.07, 6.45) is 1.79. The second-order valence-corrected chi connectivity index (χ2v) is 4.77. The molecule has 2 N–H and O–H groups in total. The number of allylic oxidation sites excluding steroid dienone is 1. The van der Waals surface area contributed by atoms with Gasteiger partial charge in [-0.1, -0.05) is 12.5 Å². The van der Waals surface area contributed by atoms with E-state index in [1.165, 1.54) is 0 Å². The monoisotopic (exact) mass is 225 g/mol. The van der Waals surface area contributed by atoms with Gasteiger partial charge in [-0.25, -0.2) is 0 Å². The summed E-state index contributed by atoms with van der Waals surface area (Å²) >= 11 is 0. The number of rotatable bonds is 5. The smallest absolute Gasteiger partial charge is 0.306 e. The SMILES string of the molecule is C=C(C)CC(C)C(=O)NC1CC(C(=O)O)C1. The van der Waals surface area contributed by atoms with Gasteiger partial charge in [-0.05, 0) is 26.2 Å². The molecular weight excluding hydrogens is 206 g/mol. The van der Waals surface area contributed by atoms with Crippen LogP contribution in [0.1, 0.15) is 33.1 Å². The quantitative estimate of drug-likeness (QED) is 0.698. The molecule has 1 aliphatic carbocycles. The summed E-state index contributed by atoms with van der Waals surface area (Å²) in [5.41, 5.74) is 0.986. The van der Waals surface area contributed by atoms with Gasteiger partial charge in [0.2, 0.25) is 5.91 Å². The van der Waals surface area contributed by atoms with Crippen LogP contribution >= 0.6 is 0 Å². The van der Waals surface area contributed by atoms with Crippen LogP contribution in [0.4, 0.5) is 0 Å². The Morgan fingerprint density at radius 3 is 2.50 bits per heavy atom. The number of amides is 1. The van der Waals surface area contributed by atoms with Gasteiger partial charge in [-0.3, -0.25) is 9.59 Å². The Balaban J connectivity index is 2.26. The summed E-state index contributed by atoms with van der Waals surface area (Å²) in [6.45, 7) is 7.52. The van der Waals surface area contributed by atoms with Crippen molar-refractivity contribution in [2.24, 2.45) is 11.8 Å². The number of carboxylic acid groups (broad SMARTS) is 1. The zero-order valence-corrected chi connectivity index (χ0v) is 9.82. The van der Waals surface area contributed by atoms with Crippen molar-refractivity contribution in [1.82, 2.24) is 5.32 Å². The molecular formula is C12H19NO3. The maximum absolute atomic E-state index is 11.7. The molecule has 1 saturated carbocycles. The second-order valence-electron chi connectivity index (χ2n) is 4.77. The molecule has 4 heteroatoms. The van der Waals surface area contributed by atoms with Gasteiger partial charge in [0.25, 0.3) is 0 Å². The predicted molar refractivity (Wildman–Crippen MR) is 60.9 cm³/mol. The number of hydrogen-bond donors (Lipinski definition) is 2. The average Bonchev–Trinajstić information content (AvgIpc) is 2.07. The third kappa shape index (κ3) is 3.36. The lowest BCUT2D eigenvalue weighted by Gasteiger charge is -2.33. The molecule has 0 aromatic rings. The number of aliphatic carboxylic acids is 1. The molecule has 0 bridgehead atoms. The highest BCUT2D eigenvalue weighted by molar-refractivity contribution is 5.79. The zero-order chi connectivity index (χ0) is 12.3. The van der Waals surface area contributed by atoms with Crippen molar-refractivity contribution in [3.63, 3.8) is 0 Å². The molecule has 1 amide bonds. The molecule has 0 aromatic carbocycles. The minimum atomic E-state index is -0.763. The van der Waals surface area contributed by atoms with E-state index in [1.54, 1.807) is 0 Å². The van der Waals surface area contributed by atoms with Gasteiger partial charge in [0.05, 0.1) is 5.92 Å². The molecule has 4 nitrogen and oxygen atoms in total. The summed E-state index contributed by atoms with van der Waals surface area (Å²) in [7, 11) is 0. The highest BCUT2D eigenvalue weighted by Gasteiger charge is 2.35. The van der Waals surface area contributed by atoms with E-state index < -0.39 is 5.97 Å². The first-order chi connectivity index (χ1) is 7.40. The molecule has 90 valence electrons. The molecule has 0 radical (unpaired) electrons. The molecule has 1 unspecified atom stereocenters. The Morgan fingerprint density at radius 2 is 2.06 bits per heavy atom. The number of hydrogen-bond acceptors (Lipinski definition) is 2. The van der Waals surface area contributed by atoms with Gasteiger partial charge >= 0.3 is 5.97 Å². The van der Waals surface area contributed by atoms with Crippen molar-refractivity contribution in [2.45, 2.75) is 39.2 Å². The van der Waals surface area contributed by atoms with Gasteiger partial charge < -0.3 is 10.4 Å². The fraction of sp³-hybridized carbons (Fsp3) is 0.667. The summed E-state index contributed by atoms with van der Waals surface area (Å²) in [5, 5.41) is 11.6. The van der Waals surface area contributed by atoms with E-state index in [1.807, 2.05) is 13.8 Å². The molecule has 1 rings (SSSR count). The molecule has 0 aromatic heterocycles. The number of carbonyl (C=O) groups excluding carboxylic acids is 1. The third-order valence-corrected chi connectivity index (χ3v) is 2.94. The predicted octanol–water partition coefficient (Wildman–Crippen LogP) is 1.57. The van der Waals surface area contributed by atoms with E-state index >= 15 is 0 Å². The van der Waals surface area contributed by atoms with E-state index in [0.29, 0.717) is 19.3 Å². The van der Waals surface area contributed by atoms with Crippen LogP contribution in [0, 0.1) is 11.8 Å². The van der Waals surface area contributed by atoms with Gasteiger partial charge in [-0.2, -0.15) is 0 Å². The van der Waals surface area contributed by atoms with Crippen molar-refractivity contribution >= 4 is 11.9 Å². The fourth-order valence-corrected chi connectivity index (χ4v) is 1.90. The van der Waals surface area contributed by atoms with Crippen LogP contribution in [0.15, 0.2) is 12.2 Å². The minimum Gasteiger partial charge on any atom is -0.481 e. The summed E-state index contributed by atoms with van der Waals surface area (Å²) in [4.78, 5) is 22.2. The number of carbonyl (C=O) groups is 2. The van der Waals surface area contributed by atoms with Crippen LogP contribution in [0.3, 0.4) is 0 Å². The van der Waals surface area contributed by atoms with Crippen molar-refractivity contribution in [3.05, 3.63) is 12.2 Å². The van der Waals surface area contributed by atoms with Gasteiger partial charge in [0.1, 0.15) is 0 Å². The van der Waals surface area contributed by atoms with Crippen LogP contribution in [0.5, 0.6) is 0 Å². The van der Waals surface area contributed by atoms with Crippen LogP contribution in [0.25, 0.3) is 0 Å². The Bertz CT molecular complexity index is 305. The van der Waals surface area contributed by atoms with Crippen molar-refractivity contribution in [1.29, 1.82) is 0 Å². The Morgan fingerprint density at radius 1 is 1.50 bits per heavy atom. The molecule has 0 aliphatic heterocycles. The molecule has 0 saturated heterocycles. The topological polar surface area (TPSA) is 66.4 Å².